The molecule has 4 aromatic carbocycles. The molecule has 40 heavy (non-hydrogen) atoms. The van der Waals surface area contributed by atoms with Crippen LogP contribution < -0.4 is 15.6 Å². The second kappa shape index (κ2) is 12.0. The van der Waals surface area contributed by atoms with Gasteiger partial charge in [0.15, 0.2) is 4.77 Å². The molecule has 0 fully saturated rings. The fourth-order valence-electron chi connectivity index (χ4n) is 3.93. The van der Waals surface area contributed by atoms with Gasteiger partial charge in [-0.25, -0.2) is 0 Å². The number of aromatic amines is 1. The lowest BCUT2D eigenvalue weighted by Gasteiger charge is -2.12. The molecule has 5 aromatic rings. The molecule has 0 atom stereocenters. The molecule has 0 radical (unpaired) electrons. The third-order valence-electron chi connectivity index (χ3n) is 5.91. The molecule has 0 aliphatic rings. The van der Waals surface area contributed by atoms with Gasteiger partial charge in [-0.05, 0) is 79.0 Å². The average molecular weight is 546 g/mol. The molecule has 5 rings (SSSR count). The molecule has 3 N–H and O–H groups in total. The molecule has 7 nitrogen and oxygen atoms in total. The topological polar surface area (TPSA) is 96.3 Å². The number of amides is 1. The van der Waals surface area contributed by atoms with Crippen molar-refractivity contribution in [1.29, 1.82) is 0 Å². The molecule has 1 amide bonds. The van der Waals surface area contributed by atoms with Crippen LogP contribution in [0.5, 0.6) is 17.4 Å². The molecule has 0 saturated heterocycles. The fourth-order valence-corrected chi connectivity index (χ4v) is 4.22. The summed E-state index contributed by atoms with van der Waals surface area (Å²) in [6, 6.07) is 32.4. The maximum Gasteiger partial charge on any atom is 0.263 e. The SMILES string of the molecule is O=C(Nc1ccccc1C=C=Cc1c(O)n(-c2ccc(Oc3ccccc3)cc2)c(=S)[nH]c1=O)c1ccccc1. The average Bonchev–Trinajstić information content (AvgIpc) is 2.97. The van der Waals surface area contributed by atoms with Gasteiger partial charge in [0.1, 0.15) is 17.1 Å². The van der Waals surface area contributed by atoms with E-state index in [-0.39, 0.29) is 22.1 Å². The summed E-state index contributed by atoms with van der Waals surface area (Å²) < 4.78 is 7.21. The largest absolute Gasteiger partial charge is 0.494 e. The Bertz CT molecular complexity index is 1840. The highest BCUT2D eigenvalue weighted by Gasteiger charge is 2.12. The predicted molar refractivity (Wildman–Crippen MR) is 159 cm³/mol. The first kappa shape index (κ1) is 26.2. The number of para-hydroxylation sites is 2. The van der Waals surface area contributed by atoms with Crippen molar-refractivity contribution in [2.24, 2.45) is 0 Å². The smallest absolute Gasteiger partial charge is 0.263 e. The molecule has 0 unspecified atom stereocenters. The number of nitrogens with one attached hydrogen (secondary N) is 2. The zero-order valence-electron chi connectivity index (χ0n) is 21.1. The highest BCUT2D eigenvalue weighted by atomic mass is 32.1. The Morgan fingerprint density at radius 1 is 0.850 bits per heavy atom. The Kier molecular flexibility index (Phi) is 7.83. The van der Waals surface area contributed by atoms with E-state index in [1.807, 2.05) is 42.5 Å². The van der Waals surface area contributed by atoms with Crippen molar-refractivity contribution in [3.8, 4) is 23.1 Å². The first-order chi connectivity index (χ1) is 19.5. The lowest BCUT2D eigenvalue weighted by molar-refractivity contribution is 0.102. The molecule has 0 bridgehead atoms. The summed E-state index contributed by atoms with van der Waals surface area (Å²) in [7, 11) is 0. The number of benzene rings is 4. The van der Waals surface area contributed by atoms with Crippen LogP contribution in [0.3, 0.4) is 0 Å². The van der Waals surface area contributed by atoms with Gasteiger partial charge in [-0.15, -0.1) is 5.73 Å². The molecule has 0 aliphatic carbocycles. The number of nitrogens with zero attached hydrogens (tertiary/aromatic N) is 1. The Morgan fingerprint density at radius 2 is 1.48 bits per heavy atom. The van der Waals surface area contributed by atoms with E-state index in [9.17, 15) is 14.7 Å². The summed E-state index contributed by atoms with van der Waals surface area (Å²) in [4.78, 5) is 27.9. The zero-order valence-corrected chi connectivity index (χ0v) is 21.9. The Morgan fingerprint density at radius 3 is 2.20 bits per heavy atom. The lowest BCUT2D eigenvalue weighted by Crippen LogP contribution is -2.15. The Hall–Kier alpha value is -5.43. The van der Waals surface area contributed by atoms with E-state index in [0.29, 0.717) is 34.0 Å². The molecule has 196 valence electrons. The first-order valence-electron chi connectivity index (χ1n) is 12.3. The summed E-state index contributed by atoms with van der Waals surface area (Å²) in [6.45, 7) is 0. The Labute approximate surface area is 235 Å². The van der Waals surface area contributed by atoms with Crippen LogP contribution in [0.1, 0.15) is 21.5 Å². The quantitative estimate of drug-likeness (QED) is 0.152. The molecule has 8 heteroatoms. The number of anilines is 1. The van der Waals surface area contributed by atoms with Gasteiger partial charge in [-0.3, -0.25) is 19.1 Å². The van der Waals surface area contributed by atoms with E-state index in [1.165, 1.54) is 10.6 Å². The summed E-state index contributed by atoms with van der Waals surface area (Å²) in [5.41, 5.74) is 4.65. The molecular formula is C32H23N3O4S. The van der Waals surface area contributed by atoms with E-state index < -0.39 is 5.56 Å². The number of ether oxygens (including phenoxy) is 1. The number of aromatic hydroxyl groups is 1. The van der Waals surface area contributed by atoms with Gasteiger partial charge in [0.05, 0.1) is 5.69 Å². The normalized spacial score (nSPS) is 10.3. The van der Waals surface area contributed by atoms with Crippen molar-refractivity contribution in [3.63, 3.8) is 0 Å². The summed E-state index contributed by atoms with van der Waals surface area (Å²) in [5.74, 6) is 0.712. The van der Waals surface area contributed by atoms with Crippen LogP contribution in [0.15, 0.2) is 120 Å². The number of hydrogen-bond donors (Lipinski definition) is 3. The number of hydrogen-bond acceptors (Lipinski definition) is 5. The van der Waals surface area contributed by atoms with E-state index in [0.717, 1.165) is 0 Å². The van der Waals surface area contributed by atoms with Crippen molar-refractivity contribution in [3.05, 3.63) is 147 Å². The minimum Gasteiger partial charge on any atom is -0.494 e. The van der Waals surface area contributed by atoms with Crippen LogP contribution in [0.25, 0.3) is 17.8 Å². The summed E-state index contributed by atoms with van der Waals surface area (Å²) in [5, 5.41) is 13.9. The third kappa shape index (κ3) is 6.00. The lowest BCUT2D eigenvalue weighted by atomic mass is 10.1. The van der Waals surface area contributed by atoms with E-state index in [1.54, 1.807) is 72.8 Å². The van der Waals surface area contributed by atoms with Gasteiger partial charge in [-0.2, -0.15) is 0 Å². The van der Waals surface area contributed by atoms with Crippen molar-refractivity contribution in [2.45, 2.75) is 0 Å². The molecule has 0 aliphatic heterocycles. The zero-order chi connectivity index (χ0) is 27.9. The summed E-state index contributed by atoms with van der Waals surface area (Å²) >= 11 is 5.33. The molecular weight excluding hydrogens is 522 g/mol. The van der Waals surface area contributed by atoms with Crippen molar-refractivity contribution >= 4 is 36.0 Å². The van der Waals surface area contributed by atoms with Crippen molar-refractivity contribution < 1.29 is 14.6 Å². The van der Waals surface area contributed by atoms with Crippen LogP contribution in [-0.4, -0.2) is 20.6 Å². The number of H-pyrrole nitrogens is 1. The predicted octanol–water partition coefficient (Wildman–Crippen LogP) is 6.97. The standard InChI is InChI=1S/C32H23N3O4S/c36-29(23-11-3-1-4-12-23)33-28-17-8-7-10-22(28)13-9-16-27-30(37)34-32(40)35(31(27)38)24-18-20-26(21-19-24)39-25-14-5-2-6-15-25/h1-8,10-21,38H,(H,33,36)(H,34,37,40). The number of aromatic nitrogens is 2. The maximum absolute atomic E-state index is 12.7. The fraction of sp³-hybridized carbons (Fsp3) is 0. The minimum absolute atomic E-state index is 0.0275. The molecule has 1 aromatic heterocycles. The van der Waals surface area contributed by atoms with Crippen LogP contribution in [0.2, 0.25) is 0 Å². The minimum atomic E-state index is -0.561. The van der Waals surface area contributed by atoms with E-state index >= 15 is 0 Å². The van der Waals surface area contributed by atoms with Crippen LogP contribution in [-0.2, 0) is 0 Å². The van der Waals surface area contributed by atoms with E-state index in [4.69, 9.17) is 17.0 Å². The van der Waals surface area contributed by atoms with Crippen LogP contribution in [0, 0.1) is 4.77 Å². The van der Waals surface area contributed by atoms with Gasteiger partial charge >= 0.3 is 0 Å². The third-order valence-corrected chi connectivity index (χ3v) is 6.19. The van der Waals surface area contributed by atoms with Gasteiger partial charge in [0, 0.05) is 16.8 Å². The van der Waals surface area contributed by atoms with E-state index in [2.05, 4.69) is 16.0 Å². The second-order valence-electron chi connectivity index (χ2n) is 8.60. The maximum atomic E-state index is 12.7. The van der Waals surface area contributed by atoms with Crippen LogP contribution >= 0.6 is 12.2 Å². The molecule has 0 saturated carbocycles. The highest BCUT2D eigenvalue weighted by Crippen LogP contribution is 2.25. The highest BCUT2D eigenvalue weighted by molar-refractivity contribution is 7.71. The molecule has 0 spiro atoms. The van der Waals surface area contributed by atoms with Gasteiger partial charge in [0.25, 0.3) is 11.5 Å². The number of carbonyl (C=O) groups excluding carboxylic acids is 1. The van der Waals surface area contributed by atoms with Gasteiger partial charge < -0.3 is 15.2 Å². The van der Waals surface area contributed by atoms with Gasteiger partial charge in [0.2, 0.25) is 5.88 Å². The number of carbonyl (C=O) groups is 1. The monoisotopic (exact) mass is 545 g/mol. The number of rotatable bonds is 7. The Balaban J connectivity index is 1.42. The van der Waals surface area contributed by atoms with Gasteiger partial charge in [-0.1, -0.05) is 54.6 Å². The van der Waals surface area contributed by atoms with Crippen molar-refractivity contribution in [1.82, 2.24) is 9.55 Å². The first-order valence-corrected chi connectivity index (χ1v) is 12.7. The summed E-state index contributed by atoms with van der Waals surface area (Å²) in [6.07, 6.45) is 2.98. The second-order valence-corrected chi connectivity index (χ2v) is 8.99. The molecule has 1 heterocycles. The van der Waals surface area contributed by atoms with Crippen molar-refractivity contribution in [2.75, 3.05) is 5.32 Å². The van der Waals surface area contributed by atoms with Crippen LogP contribution in [0.4, 0.5) is 5.69 Å².